The molecule has 3 atom stereocenters. The van der Waals surface area contributed by atoms with Gasteiger partial charge >= 0.3 is 0 Å². The largest absolute Gasteiger partial charge is 0.497 e. The van der Waals surface area contributed by atoms with E-state index < -0.39 is 0 Å². The Hall–Kier alpha value is -1.59. The van der Waals surface area contributed by atoms with Crippen LogP contribution in [0.4, 0.5) is 0 Å². The fraction of sp³-hybridized carbons (Fsp3) is 0.588. The van der Waals surface area contributed by atoms with Crippen LogP contribution in [-0.2, 0) is 11.3 Å². The zero-order chi connectivity index (χ0) is 15.7. The number of likely N-dealkylation sites (N-methyl/N-ethyl adjacent to an activating group) is 2. The van der Waals surface area contributed by atoms with Crippen LogP contribution < -0.4 is 10.1 Å². The molecule has 2 fully saturated rings. The van der Waals surface area contributed by atoms with Gasteiger partial charge in [0.2, 0.25) is 5.91 Å². The van der Waals surface area contributed by atoms with Gasteiger partial charge in [-0.1, -0.05) is 12.1 Å². The minimum absolute atomic E-state index is 0.0446. The van der Waals surface area contributed by atoms with Gasteiger partial charge in [-0.15, -0.1) is 0 Å². The normalized spacial score (nSPS) is 28.6. The number of methoxy groups -OCH3 is 1. The van der Waals surface area contributed by atoms with Crippen LogP contribution in [0.15, 0.2) is 24.3 Å². The predicted molar refractivity (Wildman–Crippen MR) is 85.8 cm³/mol. The summed E-state index contributed by atoms with van der Waals surface area (Å²) in [5, 5.41) is 2.78. The van der Waals surface area contributed by atoms with E-state index in [1.54, 1.807) is 14.2 Å². The van der Waals surface area contributed by atoms with Crippen molar-refractivity contribution in [3.05, 3.63) is 29.8 Å². The van der Waals surface area contributed by atoms with E-state index in [0.29, 0.717) is 12.0 Å². The zero-order valence-electron chi connectivity index (χ0n) is 13.6. The lowest BCUT2D eigenvalue weighted by molar-refractivity contribution is -0.125. The van der Waals surface area contributed by atoms with Crippen molar-refractivity contribution < 1.29 is 9.53 Å². The average Bonchev–Trinajstić information content (AvgIpc) is 3.06. The Kier molecular flexibility index (Phi) is 4.36. The maximum absolute atomic E-state index is 11.9. The number of benzene rings is 1. The molecule has 5 nitrogen and oxygen atoms in total. The summed E-state index contributed by atoms with van der Waals surface area (Å²) in [7, 11) is 5.50. The van der Waals surface area contributed by atoms with Gasteiger partial charge in [0.15, 0.2) is 0 Å². The van der Waals surface area contributed by atoms with Crippen LogP contribution >= 0.6 is 0 Å². The molecule has 3 rings (SSSR count). The number of hydrogen-bond acceptors (Lipinski definition) is 4. The summed E-state index contributed by atoms with van der Waals surface area (Å²) in [6.07, 6.45) is 0.972. The highest BCUT2D eigenvalue weighted by atomic mass is 16.5. The van der Waals surface area contributed by atoms with Gasteiger partial charge in [-0.05, 0) is 37.1 Å². The maximum atomic E-state index is 11.9. The standard InChI is InChI=1S/C17H25N3O2/c1-18-17(21)15-8-13-10-20(11-16(13)19(15)2)9-12-4-6-14(22-3)7-5-12/h4-7,13,15-16H,8-11H2,1-3H3,(H,18,21)/t13-,15-,16+/m0/s1. The Balaban J connectivity index is 1.59. The first kappa shape index (κ1) is 15.3. The van der Waals surface area contributed by atoms with Crippen molar-refractivity contribution in [2.75, 3.05) is 34.3 Å². The van der Waals surface area contributed by atoms with Crippen LogP contribution in [0, 0.1) is 5.92 Å². The van der Waals surface area contributed by atoms with Crippen molar-refractivity contribution in [3.8, 4) is 5.75 Å². The Morgan fingerprint density at radius 3 is 2.64 bits per heavy atom. The van der Waals surface area contributed by atoms with E-state index in [4.69, 9.17) is 4.74 Å². The van der Waals surface area contributed by atoms with Gasteiger partial charge in [-0.25, -0.2) is 0 Å². The zero-order valence-corrected chi connectivity index (χ0v) is 13.6. The van der Waals surface area contributed by atoms with Crippen LogP contribution in [0.2, 0.25) is 0 Å². The lowest BCUT2D eigenvalue weighted by Gasteiger charge is -2.25. The van der Waals surface area contributed by atoms with E-state index in [0.717, 1.165) is 31.8 Å². The smallest absolute Gasteiger partial charge is 0.237 e. The monoisotopic (exact) mass is 303 g/mol. The van der Waals surface area contributed by atoms with Crippen molar-refractivity contribution in [1.29, 1.82) is 0 Å². The molecule has 5 heteroatoms. The topological polar surface area (TPSA) is 44.8 Å². The second-order valence-corrected chi connectivity index (χ2v) is 6.40. The van der Waals surface area contributed by atoms with Crippen LogP contribution in [0.5, 0.6) is 5.75 Å². The summed E-state index contributed by atoms with van der Waals surface area (Å²) in [5.41, 5.74) is 1.31. The van der Waals surface area contributed by atoms with Gasteiger partial charge in [0.1, 0.15) is 5.75 Å². The van der Waals surface area contributed by atoms with E-state index in [9.17, 15) is 4.79 Å². The third kappa shape index (κ3) is 2.83. The van der Waals surface area contributed by atoms with Crippen LogP contribution in [0.1, 0.15) is 12.0 Å². The van der Waals surface area contributed by atoms with Gasteiger partial charge < -0.3 is 10.1 Å². The van der Waals surface area contributed by atoms with Gasteiger partial charge in [0, 0.05) is 32.7 Å². The molecular weight excluding hydrogens is 278 g/mol. The molecule has 0 aromatic heterocycles. The first-order chi connectivity index (χ1) is 10.6. The third-order valence-electron chi connectivity index (χ3n) is 5.14. The van der Waals surface area contributed by atoms with Crippen LogP contribution in [0.3, 0.4) is 0 Å². The van der Waals surface area contributed by atoms with Crippen molar-refractivity contribution in [1.82, 2.24) is 15.1 Å². The van der Waals surface area contributed by atoms with Gasteiger partial charge in [0.05, 0.1) is 13.2 Å². The second-order valence-electron chi connectivity index (χ2n) is 6.40. The summed E-state index contributed by atoms with van der Waals surface area (Å²) < 4.78 is 5.20. The fourth-order valence-electron chi connectivity index (χ4n) is 3.90. The quantitative estimate of drug-likeness (QED) is 0.899. The minimum atomic E-state index is 0.0446. The Morgan fingerprint density at radius 1 is 1.32 bits per heavy atom. The van der Waals surface area contributed by atoms with Gasteiger partial charge in [-0.2, -0.15) is 0 Å². The molecule has 2 aliphatic heterocycles. The molecule has 2 saturated heterocycles. The third-order valence-corrected chi connectivity index (χ3v) is 5.14. The molecule has 2 heterocycles. The minimum Gasteiger partial charge on any atom is -0.497 e. The Morgan fingerprint density at radius 2 is 2.05 bits per heavy atom. The number of likely N-dealkylation sites (tertiary alicyclic amines) is 2. The van der Waals surface area contributed by atoms with Crippen LogP contribution in [-0.4, -0.2) is 62.1 Å². The van der Waals surface area contributed by atoms with Crippen molar-refractivity contribution in [2.45, 2.75) is 25.0 Å². The van der Waals surface area contributed by atoms with Crippen LogP contribution in [0.25, 0.3) is 0 Å². The molecule has 1 aromatic rings. The molecule has 1 aromatic carbocycles. The highest BCUT2D eigenvalue weighted by Gasteiger charge is 2.46. The molecule has 0 unspecified atom stereocenters. The Bertz CT molecular complexity index is 531. The predicted octanol–water partition coefficient (Wildman–Crippen LogP) is 0.946. The molecule has 0 bridgehead atoms. The highest BCUT2D eigenvalue weighted by molar-refractivity contribution is 5.81. The average molecular weight is 303 g/mol. The summed E-state index contributed by atoms with van der Waals surface area (Å²) in [4.78, 5) is 16.7. The van der Waals surface area contributed by atoms with Crippen molar-refractivity contribution >= 4 is 5.91 Å². The molecule has 1 amide bonds. The van der Waals surface area contributed by atoms with Gasteiger partial charge in [-0.3, -0.25) is 14.6 Å². The first-order valence-corrected chi connectivity index (χ1v) is 7.91. The molecule has 22 heavy (non-hydrogen) atoms. The highest BCUT2D eigenvalue weighted by Crippen LogP contribution is 2.35. The summed E-state index contributed by atoms with van der Waals surface area (Å²) >= 11 is 0. The molecule has 0 spiro atoms. The number of carbonyl (C=O) groups is 1. The summed E-state index contributed by atoms with van der Waals surface area (Å²) in [6, 6.07) is 8.83. The van der Waals surface area contributed by atoms with E-state index in [2.05, 4.69) is 34.3 Å². The number of nitrogens with one attached hydrogen (secondary N) is 1. The molecule has 0 aliphatic carbocycles. The van der Waals surface area contributed by atoms with E-state index in [-0.39, 0.29) is 11.9 Å². The van der Waals surface area contributed by atoms with E-state index in [1.165, 1.54) is 5.56 Å². The number of carbonyl (C=O) groups excluding carboxylic acids is 1. The number of nitrogens with zero attached hydrogens (tertiary/aromatic N) is 2. The number of ether oxygens (including phenoxy) is 1. The summed E-state index contributed by atoms with van der Waals surface area (Å²) in [6.45, 7) is 3.09. The van der Waals surface area contributed by atoms with E-state index >= 15 is 0 Å². The first-order valence-electron chi connectivity index (χ1n) is 7.91. The maximum Gasteiger partial charge on any atom is 0.237 e. The molecule has 120 valence electrons. The molecule has 2 aliphatic rings. The number of fused-ring (bicyclic) bond motifs is 1. The Labute approximate surface area is 132 Å². The van der Waals surface area contributed by atoms with Crippen molar-refractivity contribution in [3.63, 3.8) is 0 Å². The second kappa shape index (κ2) is 6.26. The lowest BCUT2D eigenvalue weighted by Crippen LogP contribution is -2.44. The molecule has 0 saturated carbocycles. The summed E-state index contributed by atoms with van der Waals surface area (Å²) in [5.74, 6) is 1.65. The lowest BCUT2D eigenvalue weighted by atomic mass is 10.0. The molecule has 1 N–H and O–H groups in total. The SMILES string of the molecule is CNC(=O)[C@@H]1C[C@H]2CN(Cc3ccc(OC)cc3)C[C@H]2N1C. The fourth-order valence-corrected chi connectivity index (χ4v) is 3.90. The number of hydrogen-bond donors (Lipinski definition) is 1. The van der Waals surface area contributed by atoms with Crippen molar-refractivity contribution in [2.24, 2.45) is 5.92 Å². The van der Waals surface area contributed by atoms with E-state index in [1.807, 2.05) is 12.1 Å². The molecular formula is C17H25N3O2. The number of rotatable bonds is 4. The van der Waals surface area contributed by atoms with Gasteiger partial charge in [0.25, 0.3) is 0 Å². The molecule has 0 radical (unpaired) electrons. The number of amides is 1.